The summed E-state index contributed by atoms with van der Waals surface area (Å²) in [7, 11) is 1.56. The number of amides is 2. The first-order valence-corrected chi connectivity index (χ1v) is 8.98. The van der Waals surface area contributed by atoms with Gasteiger partial charge in [-0.05, 0) is 25.0 Å². The van der Waals surface area contributed by atoms with Crippen molar-refractivity contribution in [1.29, 1.82) is 0 Å². The van der Waals surface area contributed by atoms with Gasteiger partial charge in [0, 0.05) is 38.1 Å². The van der Waals surface area contributed by atoms with Gasteiger partial charge in [-0.3, -0.25) is 9.59 Å². The Morgan fingerprint density at radius 3 is 2.81 bits per heavy atom. The molecule has 0 unspecified atom stereocenters. The molecule has 7 nitrogen and oxygen atoms in total. The zero-order valence-corrected chi connectivity index (χ0v) is 15.1. The van der Waals surface area contributed by atoms with E-state index >= 15 is 0 Å². The van der Waals surface area contributed by atoms with Crippen molar-refractivity contribution in [2.45, 2.75) is 19.3 Å². The number of carbonyl (C=O) groups excluding carboxylic acids is 2. The molecule has 2 N–H and O–H groups in total. The summed E-state index contributed by atoms with van der Waals surface area (Å²) >= 11 is 0. The number of para-hydroxylation sites is 2. The number of benzene rings is 1. The van der Waals surface area contributed by atoms with Gasteiger partial charge in [-0.25, -0.2) is 0 Å². The normalized spacial score (nSPS) is 22.3. The number of nitrogens with one attached hydrogen (secondary N) is 1. The van der Waals surface area contributed by atoms with E-state index in [2.05, 4.69) is 5.32 Å². The standard InChI is InChI=1S/C19H26N2O5/c1-25-16-5-3-2-4-15(16)21-11-14(10-17(21)23)18(24)20-12-19(13-22)6-8-26-9-7-19/h2-5,14,22H,6-13H2,1H3,(H,20,24)/t14-/m0/s1. The van der Waals surface area contributed by atoms with Crippen molar-refractivity contribution in [3.63, 3.8) is 0 Å². The van der Waals surface area contributed by atoms with E-state index in [9.17, 15) is 14.7 Å². The predicted molar refractivity (Wildman–Crippen MR) is 96.0 cm³/mol. The van der Waals surface area contributed by atoms with Gasteiger partial charge in [0.05, 0.1) is 25.3 Å². The second-order valence-electron chi connectivity index (χ2n) is 7.07. The lowest BCUT2D eigenvalue weighted by Gasteiger charge is -2.35. The highest BCUT2D eigenvalue weighted by Gasteiger charge is 2.38. The summed E-state index contributed by atoms with van der Waals surface area (Å²) in [6.07, 6.45) is 1.63. The second-order valence-corrected chi connectivity index (χ2v) is 7.07. The number of hydrogen-bond donors (Lipinski definition) is 2. The number of hydrogen-bond acceptors (Lipinski definition) is 5. The summed E-state index contributed by atoms with van der Waals surface area (Å²) in [6.45, 7) is 1.96. The van der Waals surface area contributed by atoms with E-state index in [0.717, 1.165) is 12.8 Å². The minimum atomic E-state index is -0.400. The number of ether oxygens (including phenoxy) is 2. The lowest BCUT2D eigenvalue weighted by Crippen LogP contribution is -2.45. The Hall–Kier alpha value is -2.12. The van der Waals surface area contributed by atoms with Crippen molar-refractivity contribution < 1.29 is 24.2 Å². The van der Waals surface area contributed by atoms with E-state index in [0.29, 0.717) is 37.7 Å². The van der Waals surface area contributed by atoms with Crippen LogP contribution in [0.25, 0.3) is 0 Å². The van der Waals surface area contributed by atoms with Crippen LogP contribution in [0.1, 0.15) is 19.3 Å². The highest BCUT2D eigenvalue weighted by atomic mass is 16.5. The van der Waals surface area contributed by atoms with Gasteiger partial charge in [0.2, 0.25) is 11.8 Å². The van der Waals surface area contributed by atoms with Gasteiger partial charge >= 0.3 is 0 Å². The average molecular weight is 362 g/mol. The summed E-state index contributed by atoms with van der Waals surface area (Å²) in [5, 5.41) is 12.7. The molecule has 1 aromatic carbocycles. The van der Waals surface area contributed by atoms with Gasteiger partial charge in [-0.2, -0.15) is 0 Å². The third-order valence-electron chi connectivity index (χ3n) is 5.40. The van der Waals surface area contributed by atoms with Crippen LogP contribution >= 0.6 is 0 Å². The predicted octanol–water partition coefficient (Wildman–Crippen LogP) is 0.953. The minimum Gasteiger partial charge on any atom is -0.495 e. The largest absolute Gasteiger partial charge is 0.495 e. The second kappa shape index (κ2) is 8.05. The molecule has 0 aromatic heterocycles. The molecule has 3 rings (SSSR count). The Balaban J connectivity index is 1.62. The zero-order valence-electron chi connectivity index (χ0n) is 15.1. The Morgan fingerprint density at radius 2 is 2.12 bits per heavy atom. The first kappa shape index (κ1) is 18.7. The topological polar surface area (TPSA) is 88.1 Å². The number of aliphatic hydroxyl groups excluding tert-OH is 1. The molecule has 2 saturated heterocycles. The summed E-state index contributed by atoms with van der Waals surface area (Å²) in [5.74, 6) is -0.0148. The monoisotopic (exact) mass is 362 g/mol. The number of nitrogens with zero attached hydrogens (tertiary/aromatic N) is 1. The van der Waals surface area contributed by atoms with E-state index in [1.165, 1.54) is 0 Å². The highest BCUT2D eigenvalue weighted by molar-refractivity contribution is 6.01. The number of methoxy groups -OCH3 is 1. The lowest BCUT2D eigenvalue weighted by molar-refractivity contribution is -0.127. The maximum Gasteiger partial charge on any atom is 0.227 e. The molecule has 1 aromatic rings. The first-order valence-electron chi connectivity index (χ1n) is 8.98. The molecule has 0 radical (unpaired) electrons. The number of anilines is 1. The molecule has 7 heteroatoms. The highest BCUT2D eigenvalue weighted by Crippen LogP contribution is 2.33. The molecule has 2 aliphatic heterocycles. The summed E-state index contributed by atoms with van der Waals surface area (Å²) < 4.78 is 10.7. The van der Waals surface area contributed by atoms with E-state index in [1.54, 1.807) is 18.1 Å². The van der Waals surface area contributed by atoms with Crippen LogP contribution in [0.4, 0.5) is 5.69 Å². The van der Waals surface area contributed by atoms with Crippen LogP contribution in [-0.2, 0) is 14.3 Å². The maximum atomic E-state index is 12.6. The number of rotatable bonds is 6. The molecule has 2 heterocycles. The minimum absolute atomic E-state index is 0.0214. The molecule has 142 valence electrons. The van der Waals surface area contributed by atoms with Gasteiger partial charge in [-0.15, -0.1) is 0 Å². The fourth-order valence-corrected chi connectivity index (χ4v) is 3.58. The molecule has 0 spiro atoms. The molecule has 26 heavy (non-hydrogen) atoms. The third kappa shape index (κ3) is 3.83. The first-order chi connectivity index (χ1) is 12.6. The summed E-state index contributed by atoms with van der Waals surface area (Å²) in [6, 6.07) is 7.30. The van der Waals surface area contributed by atoms with E-state index in [4.69, 9.17) is 9.47 Å². The van der Waals surface area contributed by atoms with Crippen molar-refractivity contribution in [1.82, 2.24) is 5.32 Å². The van der Waals surface area contributed by atoms with E-state index < -0.39 is 5.92 Å². The van der Waals surface area contributed by atoms with Crippen LogP contribution < -0.4 is 15.0 Å². The third-order valence-corrected chi connectivity index (χ3v) is 5.40. The van der Waals surface area contributed by atoms with Crippen LogP contribution in [0.15, 0.2) is 24.3 Å². The quantitative estimate of drug-likeness (QED) is 0.787. The molecular formula is C19H26N2O5. The van der Waals surface area contributed by atoms with Crippen molar-refractivity contribution in [2.24, 2.45) is 11.3 Å². The lowest BCUT2D eigenvalue weighted by atomic mass is 9.81. The summed E-state index contributed by atoms with van der Waals surface area (Å²) in [4.78, 5) is 26.6. The van der Waals surface area contributed by atoms with E-state index in [1.807, 2.05) is 18.2 Å². The van der Waals surface area contributed by atoms with Gasteiger partial charge in [-0.1, -0.05) is 12.1 Å². The Morgan fingerprint density at radius 1 is 1.38 bits per heavy atom. The fraction of sp³-hybridized carbons (Fsp3) is 0.579. The molecule has 2 amide bonds. The molecule has 0 aliphatic carbocycles. The molecule has 2 fully saturated rings. The Kier molecular flexibility index (Phi) is 5.78. The molecular weight excluding hydrogens is 336 g/mol. The number of aliphatic hydroxyl groups is 1. The van der Waals surface area contributed by atoms with Crippen LogP contribution in [0, 0.1) is 11.3 Å². The van der Waals surface area contributed by atoms with Gasteiger partial charge in [0.25, 0.3) is 0 Å². The summed E-state index contributed by atoms with van der Waals surface area (Å²) in [5.41, 5.74) is 0.366. The molecule has 1 atom stereocenters. The van der Waals surface area contributed by atoms with E-state index in [-0.39, 0.29) is 30.3 Å². The van der Waals surface area contributed by atoms with Crippen LogP contribution in [-0.4, -0.2) is 56.9 Å². The Labute approximate surface area is 153 Å². The van der Waals surface area contributed by atoms with Gasteiger partial charge in [0.15, 0.2) is 0 Å². The fourth-order valence-electron chi connectivity index (χ4n) is 3.58. The van der Waals surface area contributed by atoms with Crippen molar-refractivity contribution in [3.05, 3.63) is 24.3 Å². The van der Waals surface area contributed by atoms with Crippen LogP contribution in [0.3, 0.4) is 0 Å². The molecule has 0 saturated carbocycles. The Bertz CT molecular complexity index is 657. The van der Waals surface area contributed by atoms with Crippen LogP contribution in [0.5, 0.6) is 5.75 Å². The SMILES string of the molecule is COc1ccccc1N1C[C@@H](C(=O)NCC2(CO)CCOCC2)CC1=O. The van der Waals surface area contributed by atoms with Crippen molar-refractivity contribution in [3.8, 4) is 5.75 Å². The molecule has 2 aliphatic rings. The van der Waals surface area contributed by atoms with Gasteiger partial charge in [0.1, 0.15) is 5.75 Å². The van der Waals surface area contributed by atoms with Crippen molar-refractivity contribution in [2.75, 3.05) is 44.9 Å². The van der Waals surface area contributed by atoms with Gasteiger partial charge < -0.3 is 24.8 Å². The smallest absolute Gasteiger partial charge is 0.227 e. The maximum absolute atomic E-state index is 12.6. The average Bonchev–Trinajstić information content (AvgIpc) is 3.08. The molecule has 0 bridgehead atoms. The zero-order chi connectivity index (χ0) is 18.6. The number of carbonyl (C=O) groups is 2. The van der Waals surface area contributed by atoms with Crippen LogP contribution in [0.2, 0.25) is 0 Å². The van der Waals surface area contributed by atoms with Crippen molar-refractivity contribution >= 4 is 17.5 Å².